The van der Waals surface area contributed by atoms with Crippen molar-refractivity contribution in [3.8, 4) is 0 Å². The van der Waals surface area contributed by atoms with Crippen LogP contribution >= 0.6 is 11.3 Å². The number of hydrogen-bond acceptors (Lipinski definition) is 5. The number of rotatable bonds is 4. The molecule has 1 N–H and O–H groups in total. The standard InChI is InChI=1S/C20H22N4OS/c1-14-6-9-24(10-7-14)20-23-17-5-4-16(11-18(17)26-20)19(25)22-13-15-3-2-8-21-12-15/h2-5,8,11-12,14H,6-7,9-10,13H2,1H3,(H,22,25). The summed E-state index contributed by atoms with van der Waals surface area (Å²) in [4.78, 5) is 23.6. The van der Waals surface area contributed by atoms with Crippen LogP contribution in [0.1, 0.15) is 35.7 Å². The highest BCUT2D eigenvalue weighted by atomic mass is 32.1. The number of amides is 1. The number of carbonyl (C=O) groups is 1. The number of benzene rings is 1. The summed E-state index contributed by atoms with van der Waals surface area (Å²) in [5.74, 6) is 0.730. The third-order valence-corrected chi connectivity index (χ3v) is 5.95. The molecule has 26 heavy (non-hydrogen) atoms. The van der Waals surface area contributed by atoms with Crippen molar-refractivity contribution in [1.82, 2.24) is 15.3 Å². The van der Waals surface area contributed by atoms with Crippen LogP contribution in [0.3, 0.4) is 0 Å². The van der Waals surface area contributed by atoms with Crippen molar-refractivity contribution in [3.05, 3.63) is 53.9 Å². The van der Waals surface area contributed by atoms with E-state index < -0.39 is 0 Å². The lowest BCUT2D eigenvalue weighted by atomic mass is 10.00. The number of anilines is 1. The Bertz CT molecular complexity index is 901. The van der Waals surface area contributed by atoms with Gasteiger partial charge >= 0.3 is 0 Å². The number of nitrogens with one attached hydrogen (secondary N) is 1. The molecule has 0 atom stereocenters. The van der Waals surface area contributed by atoms with E-state index in [2.05, 4.69) is 22.1 Å². The highest BCUT2D eigenvalue weighted by Crippen LogP contribution is 2.32. The first-order valence-corrected chi connectivity index (χ1v) is 9.83. The highest BCUT2D eigenvalue weighted by molar-refractivity contribution is 7.22. The predicted molar refractivity (Wildman–Crippen MR) is 106 cm³/mol. The summed E-state index contributed by atoms with van der Waals surface area (Å²) in [7, 11) is 0. The van der Waals surface area contributed by atoms with E-state index in [0.29, 0.717) is 12.1 Å². The molecule has 1 fully saturated rings. The smallest absolute Gasteiger partial charge is 0.251 e. The van der Waals surface area contributed by atoms with Crippen molar-refractivity contribution >= 4 is 32.6 Å². The second kappa shape index (κ2) is 7.41. The minimum Gasteiger partial charge on any atom is -0.348 e. The van der Waals surface area contributed by atoms with Gasteiger partial charge in [0, 0.05) is 37.6 Å². The Hall–Kier alpha value is -2.47. The van der Waals surface area contributed by atoms with E-state index in [9.17, 15) is 4.79 Å². The average Bonchev–Trinajstić information content (AvgIpc) is 3.10. The quantitative estimate of drug-likeness (QED) is 0.762. The lowest BCUT2D eigenvalue weighted by Gasteiger charge is -2.29. The van der Waals surface area contributed by atoms with Crippen LogP contribution in [0.25, 0.3) is 10.2 Å². The SMILES string of the molecule is CC1CCN(c2nc3ccc(C(=O)NCc4cccnc4)cc3s2)CC1. The molecule has 0 aliphatic carbocycles. The number of aromatic nitrogens is 2. The summed E-state index contributed by atoms with van der Waals surface area (Å²) in [6.07, 6.45) is 5.93. The molecule has 0 radical (unpaired) electrons. The molecule has 0 unspecified atom stereocenters. The van der Waals surface area contributed by atoms with Gasteiger partial charge in [0.2, 0.25) is 0 Å². The van der Waals surface area contributed by atoms with Gasteiger partial charge < -0.3 is 10.2 Å². The molecule has 1 aliphatic rings. The number of nitrogens with zero attached hydrogens (tertiary/aromatic N) is 3. The Morgan fingerprint density at radius 1 is 1.31 bits per heavy atom. The molecule has 1 aromatic carbocycles. The van der Waals surface area contributed by atoms with Crippen LogP contribution in [0.15, 0.2) is 42.7 Å². The summed E-state index contributed by atoms with van der Waals surface area (Å²) in [6.45, 7) is 4.93. The van der Waals surface area contributed by atoms with Gasteiger partial charge in [-0.25, -0.2) is 4.98 Å². The molecule has 6 heteroatoms. The molecule has 1 aliphatic heterocycles. The highest BCUT2D eigenvalue weighted by Gasteiger charge is 2.19. The van der Waals surface area contributed by atoms with Gasteiger partial charge in [0.15, 0.2) is 5.13 Å². The molecule has 3 heterocycles. The van der Waals surface area contributed by atoms with Gasteiger partial charge in [-0.2, -0.15) is 0 Å². The molecule has 0 spiro atoms. The summed E-state index contributed by atoms with van der Waals surface area (Å²) in [5, 5.41) is 4.02. The molecular formula is C20H22N4OS. The number of hydrogen-bond donors (Lipinski definition) is 1. The van der Waals surface area contributed by atoms with Crippen molar-refractivity contribution in [1.29, 1.82) is 0 Å². The van der Waals surface area contributed by atoms with Crippen LogP contribution in [0, 0.1) is 5.92 Å². The van der Waals surface area contributed by atoms with Crippen LogP contribution in [0.2, 0.25) is 0 Å². The molecular weight excluding hydrogens is 344 g/mol. The Labute approximate surface area is 157 Å². The molecule has 3 aromatic rings. The van der Waals surface area contributed by atoms with E-state index in [1.807, 2.05) is 30.3 Å². The molecule has 134 valence electrons. The van der Waals surface area contributed by atoms with Crippen molar-refractivity contribution in [3.63, 3.8) is 0 Å². The van der Waals surface area contributed by atoms with Crippen molar-refractivity contribution in [2.75, 3.05) is 18.0 Å². The molecule has 0 saturated carbocycles. The van der Waals surface area contributed by atoms with Crippen molar-refractivity contribution in [2.45, 2.75) is 26.3 Å². The van der Waals surface area contributed by atoms with Gasteiger partial charge in [0.1, 0.15) is 0 Å². The maximum absolute atomic E-state index is 12.4. The van der Waals surface area contributed by atoms with E-state index >= 15 is 0 Å². The number of carbonyl (C=O) groups excluding carboxylic acids is 1. The Balaban J connectivity index is 1.47. The number of pyridine rings is 1. The van der Waals surface area contributed by atoms with Crippen molar-refractivity contribution in [2.24, 2.45) is 5.92 Å². The van der Waals surface area contributed by atoms with Crippen LogP contribution in [-0.4, -0.2) is 29.0 Å². The second-order valence-corrected chi connectivity index (χ2v) is 7.90. The lowest BCUT2D eigenvalue weighted by Crippen LogP contribution is -2.32. The average molecular weight is 366 g/mol. The third-order valence-electron chi connectivity index (χ3n) is 4.87. The Morgan fingerprint density at radius 2 is 2.15 bits per heavy atom. The normalized spacial score (nSPS) is 15.3. The third kappa shape index (κ3) is 3.70. The fourth-order valence-electron chi connectivity index (χ4n) is 3.18. The van der Waals surface area contributed by atoms with Gasteiger partial charge in [-0.3, -0.25) is 9.78 Å². The van der Waals surface area contributed by atoms with E-state index in [1.165, 1.54) is 12.8 Å². The summed E-state index contributed by atoms with van der Waals surface area (Å²) in [5.41, 5.74) is 2.62. The zero-order valence-electron chi connectivity index (χ0n) is 14.8. The van der Waals surface area contributed by atoms with Gasteiger partial charge in [-0.05, 0) is 48.6 Å². The second-order valence-electron chi connectivity index (χ2n) is 6.89. The number of fused-ring (bicyclic) bond motifs is 1. The van der Waals surface area contributed by atoms with Gasteiger partial charge in [0.25, 0.3) is 5.91 Å². The Kier molecular flexibility index (Phi) is 4.84. The zero-order valence-corrected chi connectivity index (χ0v) is 15.6. The van der Waals surface area contributed by atoms with Crippen LogP contribution < -0.4 is 10.2 Å². The minimum atomic E-state index is -0.0718. The van der Waals surface area contributed by atoms with Crippen LogP contribution in [-0.2, 0) is 6.54 Å². The molecule has 2 aromatic heterocycles. The van der Waals surface area contributed by atoms with Gasteiger partial charge in [-0.1, -0.05) is 24.3 Å². The maximum Gasteiger partial charge on any atom is 0.251 e. The molecule has 5 nitrogen and oxygen atoms in total. The first kappa shape index (κ1) is 17.0. The monoisotopic (exact) mass is 366 g/mol. The maximum atomic E-state index is 12.4. The zero-order chi connectivity index (χ0) is 17.9. The predicted octanol–water partition coefficient (Wildman–Crippen LogP) is 3.86. The summed E-state index contributed by atoms with van der Waals surface area (Å²) in [6, 6.07) is 9.56. The van der Waals surface area contributed by atoms with E-state index in [0.717, 1.165) is 39.9 Å². The fraction of sp³-hybridized carbons (Fsp3) is 0.350. The number of thiazole rings is 1. The molecule has 0 bridgehead atoms. The summed E-state index contributed by atoms with van der Waals surface area (Å²) >= 11 is 1.68. The van der Waals surface area contributed by atoms with Gasteiger partial charge in [-0.15, -0.1) is 0 Å². The first-order valence-electron chi connectivity index (χ1n) is 9.02. The largest absolute Gasteiger partial charge is 0.348 e. The summed E-state index contributed by atoms with van der Waals surface area (Å²) < 4.78 is 1.06. The number of piperidine rings is 1. The molecule has 1 amide bonds. The molecule has 1 saturated heterocycles. The van der Waals surface area contributed by atoms with Gasteiger partial charge in [0.05, 0.1) is 10.2 Å². The first-order chi connectivity index (χ1) is 12.7. The lowest BCUT2D eigenvalue weighted by molar-refractivity contribution is 0.0951. The van der Waals surface area contributed by atoms with E-state index in [4.69, 9.17) is 4.98 Å². The van der Waals surface area contributed by atoms with E-state index in [-0.39, 0.29) is 5.91 Å². The topological polar surface area (TPSA) is 58.1 Å². The van der Waals surface area contributed by atoms with Crippen molar-refractivity contribution < 1.29 is 4.79 Å². The fourth-order valence-corrected chi connectivity index (χ4v) is 4.23. The molecule has 4 rings (SSSR count). The van der Waals surface area contributed by atoms with Crippen LogP contribution in [0.5, 0.6) is 0 Å². The van der Waals surface area contributed by atoms with Crippen LogP contribution in [0.4, 0.5) is 5.13 Å². The Morgan fingerprint density at radius 3 is 2.92 bits per heavy atom. The minimum absolute atomic E-state index is 0.0718. The van der Waals surface area contributed by atoms with E-state index in [1.54, 1.807) is 23.7 Å².